The quantitative estimate of drug-likeness (QED) is 0.689. The SMILES string of the molecule is CC.O=C(c1ccc(C#Cc2ccccc2)cc1)N1CCC(N2CCCC2)CC1. The molecule has 2 aliphatic rings. The Kier molecular flexibility index (Phi) is 7.90. The minimum absolute atomic E-state index is 0.150. The molecule has 2 saturated heterocycles. The second-order valence-electron chi connectivity index (χ2n) is 7.46. The largest absolute Gasteiger partial charge is 0.339 e. The summed E-state index contributed by atoms with van der Waals surface area (Å²) in [6.07, 6.45) is 4.87. The van der Waals surface area contributed by atoms with Crippen molar-refractivity contribution in [1.82, 2.24) is 9.80 Å². The lowest BCUT2D eigenvalue weighted by Gasteiger charge is -2.36. The predicted octanol–water partition coefficient (Wildman–Crippen LogP) is 4.81. The third-order valence-corrected chi connectivity index (χ3v) is 5.67. The molecule has 0 saturated carbocycles. The molecule has 1 amide bonds. The van der Waals surface area contributed by atoms with Gasteiger partial charge in [-0.2, -0.15) is 0 Å². The van der Waals surface area contributed by atoms with E-state index in [1.165, 1.54) is 25.9 Å². The summed E-state index contributed by atoms with van der Waals surface area (Å²) in [7, 11) is 0. The second kappa shape index (κ2) is 10.8. The van der Waals surface area contributed by atoms with Crippen molar-refractivity contribution in [3.8, 4) is 11.8 Å². The van der Waals surface area contributed by atoms with Crippen LogP contribution in [0, 0.1) is 11.8 Å². The van der Waals surface area contributed by atoms with Gasteiger partial charge in [-0.05, 0) is 75.2 Å². The van der Waals surface area contributed by atoms with Gasteiger partial charge in [0.05, 0.1) is 0 Å². The van der Waals surface area contributed by atoms with Crippen LogP contribution in [-0.4, -0.2) is 47.9 Å². The average molecular weight is 389 g/mol. The van der Waals surface area contributed by atoms with Crippen molar-refractivity contribution >= 4 is 5.91 Å². The van der Waals surface area contributed by atoms with E-state index in [-0.39, 0.29) is 5.91 Å². The lowest BCUT2D eigenvalue weighted by atomic mass is 10.0. The molecule has 0 spiro atoms. The maximum Gasteiger partial charge on any atom is 0.253 e. The molecule has 29 heavy (non-hydrogen) atoms. The first-order chi connectivity index (χ1) is 14.3. The summed E-state index contributed by atoms with van der Waals surface area (Å²) >= 11 is 0. The van der Waals surface area contributed by atoms with E-state index in [0.717, 1.165) is 42.6 Å². The van der Waals surface area contributed by atoms with Crippen LogP contribution < -0.4 is 0 Å². The van der Waals surface area contributed by atoms with Crippen LogP contribution >= 0.6 is 0 Å². The maximum atomic E-state index is 12.8. The minimum Gasteiger partial charge on any atom is -0.339 e. The summed E-state index contributed by atoms with van der Waals surface area (Å²) in [6.45, 7) is 8.22. The standard InChI is InChI=1S/C24H26N2O.C2H6/c27-24(26-18-14-23(15-19-26)25-16-4-5-17-25)22-12-10-21(11-13-22)9-8-20-6-2-1-3-7-20;1-2/h1-3,6-7,10-13,23H,4-5,14-19H2;1-2H3. The van der Waals surface area contributed by atoms with Crippen LogP contribution in [0.2, 0.25) is 0 Å². The van der Waals surface area contributed by atoms with Crippen molar-refractivity contribution in [2.45, 2.75) is 45.6 Å². The molecular formula is C26H32N2O. The molecule has 2 aromatic carbocycles. The van der Waals surface area contributed by atoms with Crippen LogP contribution in [0.1, 0.15) is 61.0 Å². The fourth-order valence-electron chi connectivity index (χ4n) is 4.09. The normalized spacial score (nSPS) is 17.1. The minimum atomic E-state index is 0.150. The number of likely N-dealkylation sites (tertiary alicyclic amines) is 2. The van der Waals surface area contributed by atoms with Gasteiger partial charge in [0.2, 0.25) is 0 Å². The van der Waals surface area contributed by atoms with Crippen LogP contribution in [0.25, 0.3) is 0 Å². The van der Waals surface area contributed by atoms with Gasteiger partial charge in [-0.25, -0.2) is 0 Å². The average Bonchev–Trinajstić information content (AvgIpc) is 3.35. The van der Waals surface area contributed by atoms with Crippen LogP contribution in [0.4, 0.5) is 0 Å². The molecule has 0 atom stereocenters. The van der Waals surface area contributed by atoms with Crippen molar-refractivity contribution < 1.29 is 4.79 Å². The summed E-state index contributed by atoms with van der Waals surface area (Å²) in [5, 5.41) is 0. The lowest BCUT2D eigenvalue weighted by Crippen LogP contribution is -2.45. The summed E-state index contributed by atoms with van der Waals surface area (Å²) < 4.78 is 0. The highest BCUT2D eigenvalue weighted by Gasteiger charge is 2.28. The number of nitrogens with zero attached hydrogens (tertiary/aromatic N) is 2. The summed E-state index contributed by atoms with van der Waals surface area (Å²) in [5.41, 5.74) is 2.70. The van der Waals surface area contributed by atoms with Gasteiger partial charge in [-0.15, -0.1) is 0 Å². The zero-order chi connectivity index (χ0) is 20.5. The monoisotopic (exact) mass is 388 g/mol. The topological polar surface area (TPSA) is 23.6 Å². The molecule has 4 rings (SSSR count). The Hall–Kier alpha value is -2.57. The molecular weight excluding hydrogens is 356 g/mol. The van der Waals surface area contributed by atoms with Gasteiger partial charge in [0, 0.05) is 35.8 Å². The predicted molar refractivity (Wildman–Crippen MR) is 120 cm³/mol. The summed E-state index contributed by atoms with van der Waals surface area (Å²) in [6, 6.07) is 18.3. The zero-order valence-electron chi connectivity index (χ0n) is 17.7. The Morgan fingerprint density at radius 2 is 1.34 bits per heavy atom. The van der Waals surface area contributed by atoms with Crippen molar-refractivity contribution in [3.05, 3.63) is 71.3 Å². The van der Waals surface area contributed by atoms with Gasteiger partial charge in [-0.3, -0.25) is 4.79 Å². The Bertz CT molecular complexity index is 819. The third-order valence-electron chi connectivity index (χ3n) is 5.67. The zero-order valence-corrected chi connectivity index (χ0v) is 17.7. The number of hydrogen-bond acceptors (Lipinski definition) is 2. The Morgan fingerprint density at radius 1 is 0.793 bits per heavy atom. The van der Waals surface area contributed by atoms with Gasteiger partial charge in [-0.1, -0.05) is 43.9 Å². The van der Waals surface area contributed by atoms with E-state index >= 15 is 0 Å². The fourth-order valence-corrected chi connectivity index (χ4v) is 4.09. The third kappa shape index (κ3) is 5.71. The molecule has 0 bridgehead atoms. The first-order valence-corrected chi connectivity index (χ1v) is 11.0. The van der Waals surface area contributed by atoms with Crippen LogP contribution in [0.15, 0.2) is 54.6 Å². The van der Waals surface area contributed by atoms with Gasteiger partial charge < -0.3 is 9.80 Å². The summed E-state index contributed by atoms with van der Waals surface area (Å²) in [4.78, 5) is 17.4. The highest BCUT2D eigenvalue weighted by Crippen LogP contribution is 2.22. The number of benzene rings is 2. The van der Waals surface area contributed by atoms with Crippen molar-refractivity contribution in [3.63, 3.8) is 0 Å². The van der Waals surface area contributed by atoms with Gasteiger partial charge in [0.25, 0.3) is 5.91 Å². The number of amides is 1. The Morgan fingerprint density at radius 3 is 1.93 bits per heavy atom. The second-order valence-corrected chi connectivity index (χ2v) is 7.46. The van der Waals surface area contributed by atoms with Crippen molar-refractivity contribution in [1.29, 1.82) is 0 Å². The van der Waals surface area contributed by atoms with E-state index in [2.05, 4.69) is 16.7 Å². The molecule has 2 heterocycles. The highest BCUT2D eigenvalue weighted by molar-refractivity contribution is 5.94. The molecule has 0 unspecified atom stereocenters. The van der Waals surface area contributed by atoms with E-state index in [1.807, 2.05) is 73.3 Å². The molecule has 0 aromatic heterocycles. The molecule has 0 radical (unpaired) electrons. The Balaban J connectivity index is 0.00000117. The highest BCUT2D eigenvalue weighted by atomic mass is 16.2. The van der Waals surface area contributed by atoms with E-state index in [4.69, 9.17) is 0 Å². The van der Waals surface area contributed by atoms with Crippen LogP contribution in [-0.2, 0) is 0 Å². The first-order valence-electron chi connectivity index (χ1n) is 11.0. The van der Waals surface area contributed by atoms with Crippen LogP contribution in [0.5, 0.6) is 0 Å². The van der Waals surface area contributed by atoms with Crippen molar-refractivity contribution in [2.75, 3.05) is 26.2 Å². The first kappa shape index (κ1) is 21.1. The number of piperidine rings is 1. The number of carbonyl (C=O) groups is 1. The lowest BCUT2D eigenvalue weighted by molar-refractivity contribution is 0.0644. The van der Waals surface area contributed by atoms with E-state index in [1.54, 1.807) is 0 Å². The number of rotatable bonds is 2. The molecule has 0 N–H and O–H groups in total. The fraction of sp³-hybridized carbons (Fsp3) is 0.423. The van der Waals surface area contributed by atoms with Gasteiger partial charge >= 0.3 is 0 Å². The van der Waals surface area contributed by atoms with E-state index < -0.39 is 0 Å². The van der Waals surface area contributed by atoms with Crippen LogP contribution in [0.3, 0.4) is 0 Å². The molecule has 0 aliphatic carbocycles. The summed E-state index contributed by atoms with van der Waals surface area (Å²) in [5.74, 6) is 6.47. The van der Waals surface area contributed by atoms with Gasteiger partial charge in [0.15, 0.2) is 0 Å². The molecule has 3 heteroatoms. The van der Waals surface area contributed by atoms with Gasteiger partial charge in [0.1, 0.15) is 0 Å². The molecule has 2 aliphatic heterocycles. The molecule has 2 fully saturated rings. The molecule has 152 valence electrons. The Labute approximate surface area is 175 Å². The van der Waals surface area contributed by atoms with E-state index in [0.29, 0.717) is 6.04 Å². The molecule has 3 nitrogen and oxygen atoms in total. The molecule has 2 aromatic rings. The van der Waals surface area contributed by atoms with E-state index in [9.17, 15) is 4.79 Å². The smallest absolute Gasteiger partial charge is 0.253 e. The number of hydrogen-bond donors (Lipinski definition) is 0. The number of carbonyl (C=O) groups excluding carboxylic acids is 1. The maximum absolute atomic E-state index is 12.8. The van der Waals surface area contributed by atoms with Crippen molar-refractivity contribution in [2.24, 2.45) is 0 Å².